The maximum atomic E-state index is 12.7. The van der Waals surface area contributed by atoms with E-state index >= 15 is 0 Å². The third-order valence-corrected chi connectivity index (χ3v) is 5.86. The molecule has 0 aromatic carbocycles. The molecule has 0 radical (unpaired) electrons. The number of aromatic nitrogens is 4. The zero-order valence-electron chi connectivity index (χ0n) is 15.6. The van der Waals surface area contributed by atoms with Crippen LogP contribution in [0.2, 0.25) is 0 Å². The minimum absolute atomic E-state index is 0.0824. The zero-order chi connectivity index (χ0) is 19.1. The van der Waals surface area contributed by atoms with Crippen molar-refractivity contribution in [2.45, 2.75) is 50.6 Å². The molecular formula is C20H23N5O3. The highest BCUT2D eigenvalue weighted by Gasteiger charge is 2.27. The van der Waals surface area contributed by atoms with E-state index in [1.54, 1.807) is 6.20 Å². The van der Waals surface area contributed by atoms with Gasteiger partial charge in [-0.1, -0.05) is 0 Å². The number of carbonyl (C=O) groups excluding carboxylic acids is 1. The first kappa shape index (κ1) is 17.2. The molecule has 2 N–H and O–H groups in total. The predicted octanol–water partition coefficient (Wildman–Crippen LogP) is 2.89. The number of nitrogens with one attached hydrogen (secondary N) is 2. The van der Waals surface area contributed by atoms with Crippen LogP contribution in [-0.4, -0.2) is 38.3 Å². The lowest BCUT2D eigenvalue weighted by Crippen LogP contribution is -2.39. The van der Waals surface area contributed by atoms with E-state index in [-0.39, 0.29) is 23.7 Å². The van der Waals surface area contributed by atoms with E-state index in [2.05, 4.69) is 20.3 Å². The molecule has 3 aromatic heterocycles. The Balaban J connectivity index is 1.34. The maximum absolute atomic E-state index is 12.7. The lowest BCUT2D eigenvalue weighted by molar-refractivity contribution is 0.133. The molecule has 3 aromatic rings. The highest BCUT2D eigenvalue weighted by Crippen LogP contribution is 2.32. The molecular weight excluding hydrogens is 358 g/mol. The van der Waals surface area contributed by atoms with Crippen molar-refractivity contribution in [3.63, 3.8) is 0 Å². The van der Waals surface area contributed by atoms with E-state index in [1.807, 2.05) is 16.8 Å². The van der Waals surface area contributed by atoms with E-state index in [9.17, 15) is 9.59 Å². The SMILES string of the molecule is O=C(N[C@H]1CC[C@H](n2c(=O)cnc3cnc4[nH]ccc4c32)CC1)OCC1CC1. The van der Waals surface area contributed by atoms with Crippen molar-refractivity contribution in [2.75, 3.05) is 6.61 Å². The van der Waals surface area contributed by atoms with E-state index in [1.165, 1.54) is 6.20 Å². The first-order valence-corrected chi connectivity index (χ1v) is 9.95. The summed E-state index contributed by atoms with van der Waals surface area (Å²) in [5.41, 5.74) is 2.21. The van der Waals surface area contributed by atoms with Crippen LogP contribution in [0.5, 0.6) is 0 Å². The fraction of sp³-hybridized carbons (Fsp3) is 0.500. The third-order valence-electron chi connectivity index (χ3n) is 5.86. The summed E-state index contributed by atoms with van der Waals surface area (Å²) >= 11 is 0. The van der Waals surface area contributed by atoms with Gasteiger partial charge >= 0.3 is 6.09 Å². The quantitative estimate of drug-likeness (QED) is 0.723. The van der Waals surface area contributed by atoms with Crippen LogP contribution < -0.4 is 10.9 Å². The Kier molecular flexibility index (Phi) is 4.26. The number of alkyl carbamates (subject to hydrolysis) is 1. The summed E-state index contributed by atoms with van der Waals surface area (Å²) in [6.07, 6.45) is 10.2. The molecule has 2 aliphatic rings. The van der Waals surface area contributed by atoms with Crippen LogP contribution in [0.4, 0.5) is 4.79 Å². The van der Waals surface area contributed by atoms with Gasteiger partial charge < -0.3 is 19.6 Å². The number of pyridine rings is 1. The molecule has 2 aliphatic carbocycles. The average molecular weight is 381 g/mol. The number of hydrogen-bond acceptors (Lipinski definition) is 5. The summed E-state index contributed by atoms with van der Waals surface area (Å²) in [6.45, 7) is 0.528. The van der Waals surface area contributed by atoms with Gasteiger partial charge in [-0.05, 0) is 50.5 Å². The molecule has 8 heteroatoms. The molecule has 0 unspecified atom stereocenters. The van der Waals surface area contributed by atoms with E-state index in [0.29, 0.717) is 12.5 Å². The van der Waals surface area contributed by atoms with Gasteiger partial charge in [0, 0.05) is 23.7 Å². The Bertz CT molecular complexity index is 1080. The van der Waals surface area contributed by atoms with Crippen LogP contribution in [0, 0.1) is 5.92 Å². The van der Waals surface area contributed by atoms with Crippen LogP contribution in [0.15, 0.2) is 29.5 Å². The molecule has 2 fully saturated rings. The highest BCUT2D eigenvalue weighted by atomic mass is 16.5. The summed E-state index contributed by atoms with van der Waals surface area (Å²) < 4.78 is 7.14. The predicted molar refractivity (Wildman–Crippen MR) is 104 cm³/mol. The number of nitrogens with zero attached hydrogens (tertiary/aromatic N) is 3. The van der Waals surface area contributed by atoms with Crippen molar-refractivity contribution >= 4 is 28.2 Å². The zero-order valence-corrected chi connectivity index (χ0v) is 15.6. The molecule has 5 rings (SSSR count). The Morgan fingerprint density at radius 2 is 2.00 bits per heavy atom. The minimum Gasteiger partial charge on any atom is -0.449 e. The minimum atomic E-state index is -0.318. The normalized spacial score (nSPS) is 22.4. The average Bonchev–Trinajstić information content (AvgIpc) is 3.41. The molecule has 0 atom stereocenters. The summed E-state index contributed by atoms with van der Waals surface area (Å²) in [6, 6.07) is 2.12. The number of H-pyrrole nitrogens is 1. The number of ether oxygens (including phenoxy) is 1. The Labute approximate surface area is 161 Å². The van der Waals surface area contributed by atoms with Crippen molar-refractivity contribution in [3.8, 4) is 0 Å². The lowest BCUT2D eigenvalue weighted by atomic mass is 9.90. The van der Waals surface area contributed by atoms with Crippen molar-refractivity contribution < 1.29 is 9.53 Å². The number of fused-ring (bicyclic) bond motifs is 3. The topological polar surface area (TPSA) is 102 Å². The first-order chi connectivity index (χ1) is 13.7. The summed E-state index contributed by atoms with van der Waals surface area (Å²) in [5, 5.41) is 3.88. The van der Waals surface area contributed by atoms with Crippen LogP contribution >= 0.6 is 0 Å². The van der Waals surface area contributed by atoms with Gasteiger partial charge in [0.05, 0.1) is 24.5 Å². The second-order valence-corrected chi connectivity index (χ2v) is 7.89. The van der Waals surface area contributed by atoms with Crippen molar-refractivity contribution in [2.24, 2.45) is 5.92 Å². The standard InChI is InChI=1S/C20H23N5O3/c26-17-10-22-16-9-23-19-15(7-8-21-19)18(16)25(17)14-5-3-13(4-6-14)24-20(27)28-11-12-1-2-12/h7-10,12-14H,1-6,11H2,(H,21,23)(H,24,27)/t13-,14-. The summed E-state index contributed by atoms with van der Waals surface area (Å²) in [7, 11) is 0. The highest BCUT2D eigenvalue weighted by molar-refractivity contribution is 6.00. The molecule has 2 saturated carbocycles. The fourth-order valence-corrected chi connectivity index (χ4v) is 4.16. The molecule has 0 aliphatic heterocycles. The van der Waals surface area contributed by atoms with E-state index < -0.39 is 0 Å². The third kappa shape index (κ3) is 3.23. The van der Waals surface area contributed by atoms with Gasteiger partial charge in [-0.2, -0.15) is 0 Å². The van der Waals surface area contributed by atoms with Gasteiger partial charge in [0.15, 0.2) is 0 Å². The Morgan fingerprint density at radius 3 is 2.79 bits per heavy atom. The van der Waals surface area contributed by atoms with Gasteiger partial charge in [0.2, 0.25) is 0 Å². The molecule has 1 amide bonds. The number of amides is 1. The van der Waals surface area contributed by atoms with E-state index in [4.69, 9.17) is 4.74 Å². The van der Waals surface area contributed by atoms with Crippen molar-refractivity contribution in [3.05, 3.63) is 35.0 Å². The number of hydrogen-bond donors (Lipinski definition) is 2. The van der Waals surface area contributed by atoms with Gasteiger partial charge in [0.1, 0.15) is 11.2 Å². The van der Waals surface area contributed by atoms with Gasteiger partial charge in [-0.25, -0.2) is 14.8 Å². The molecule has 8 nitrogen and oxygen atoms in total. The van der Waals surface area contributed by atoms with Crippen LogP contribution in [0.1, 0.15) is 44.6 Å². The number of rotatable bonds is 4. The largest absolute Gasteiger partial charge is 0.449 e. The Hall–Kier alpha value is -2.90. The molecule has 146 valence electrons. The molecule has 28 heavy (non-hydrogen) atoms. The van der Waals surface area contributed by atoms with Crippen LogP contribution in [0.25, 0.3) is 22.1 Å². The second-order valence-electron chi connectivity index (χ2n) is 7.89. The molecule has 0 bridgehead atoms. The summed E-state index contributed by atoms with van der Waals surface area (Å²) in [5.74, 6) is 0.563. The van der Waals surface area contributed by atoms with Gasteiger partial charge in [-0.3, -0.25) is 4.79 Å². The smallest absolute Gasteiger partial charge is 0.407 e. The van der Waals surface area contributed by atoms with Crippen molar-refractivity contribution in [1.82, 2.24) is 24.8 Å². The van der Waals surface area contributed by atoms with Gasteiger partial charge in [0.25, 0.3) is 5.56 Å². The number of aromatic amines is 1. The molecule has 0 saturated heterocycles. The van der Waals surface area contributed by atoms with Crippen LogP contribution in [-0.2, 0) is 4.74 Å². The summed E-state index contributed by atoms with van der Waals surface area (Å²) in [4.78, 5) is 36.4. The van der Waals surface area contributed by atoms with Crippen LogP contribution in [0.3, 0.4) is 0 Å². The monoisotopic (exact) mass is 381 g/mol. The molecule has 3 heterocycles. The number of carbonyl (C=O) groups is 1. The Morgan fingerprint density at radius 1 is 1.18 bits per heavy atom. The first-order valence-electron chi connectivity index (χ1n) is 9.95. The fourth-order valence-electron chi connectivity index (χ4n) is 4.16. The molecule has 0 spiro atoms. The maximum Gasteiger partial charge on any atom is 0.407 e. The van der Waals surface area contributed by atoms with E-state index in [0.717, 1.165) is 60.6 Å². The van der Waals surface area contributed by atoms with Crippen molar-refractivity contribution in [1.29, 1.82) is 0 Å². The lowest BCUT2D eigenvalue weighted by Gasteiger charge is -2.30. The van der Waals surface area contributed by atoms with Gasteiger partial charge in [-0.15, -0.1) is 0 Å². The second kappa shape index (κ2) is 6.92.